The number of aryl methyl sites for hydroxylation is 1. The van der Waals surface area contributed by atoms with Crippen molar-refractivity contribution in [1.29, 1.82) is 0 Å². The zero-order valence-corrected chi connectivity index (χ0v) is 15.1. The van der Waals surface area contributed by atoms with Crippen LogP contribution in [0.25, 0.3) is 0 Å². The minimum absolute atomic E-state index is 0.0251. The van der Waals surface area contributed by atoms with Crippen LogP contribution in [0.3, 0.4) is 0 Å². The van der Waals surface area contributed by atoms with Gasteiger partial charge in [0.05, 0.1) is 11.3 Å². The predicted octanol–water partition coefficient (Wildman–Crippen LogP) is 1.59. The van der Waals surface area contributed by atoms with Crippen molar-refractivity contribution in [3.63, 3.8) is 0 Å². The summed E-state index contributed by atoms with van der Waals surface area (Å²) in [6, 6.07) is 8.31. The van der Waals surface area contributed by atoms with Crippen molar-refractivity contribution < 1.29 is 9.59 Å². The molecule has 0 bridgehead atoms. The minimum atomic E-state index is -0.468. The fourth-order valence-electron chi connectivity index (χ4n) is 4.33. The third kappa shape index (κ3) is 3.56. The molecule has 0 saturated carbocycles. The molecular weight excluding hydrogens is 314 g/mol. The highest BCUT2D eigenvalue weighted by molar-refractivity contribution is 5.89. The molecule has 2 unspecified atom stereocenters. The highest BCUT2D eigenvalue weighted by Gasteiger charge is 2.42. The number of likely N-dealkylation sites (tertiary alicyclic amines) is 1. The molecule has 1 heterocycles. The van der Waals surface area contributed by atoms with Crippen LogP contribution in [0.2, 0.25) is 0 Å². The van der Waals surface area contributed by atoms with Crippen molar-refractivity contribution in [2.45, 2.75) is 44.4 Å². The molecule has 3 N–H and O–H groups in total. The van der Waals surface area contributed by atoms with Gasteiger partial charge in [-0.1, -0.05) is 24.3 Å². The Labute approximate surface area is 150 Å². The maximum atomic E-state index is 13.4. The number of piperidine rings is 1. The zero-order valence-electron chi connectivity index (χ0n) is 15.1. The van der Waals surface area contributed by atoms with Crippen LogP contribution in [0.4, 0.5) is 0 Å². The number of benzene rings is 1. The average molecular weight is 343 g/mol. The van der Waals surface area contributed by atoms with Gasteiger partial charge in [0.25, 0.3) is 0 Å². The van der Waals surface area contributed by atoms with Crippen molar-refractivity contribution in [1.82, 2.24) is 10.2 Å². The van der Waals surface area contributed by atoms with Gasteiger partial charge in [-0.2, -0.15) is 0 Å². The van der Waals surface area contributed by atoms with Crippen LogP contribution in [0.5, 0.6) is 0 Å². The number of nitrogens with two attached hydrogens (primary N) is 1. The first-order chi connectivity index (χ1) is 12.1. The Hall–Kier alpha value is -1.88. The Morgan fingerprint density at radius 1 is 1.32 bits per heavy atom. The number of carbonyl (C=O) groups excluding carboxylic acids is 2. The summed E-state index contributed by atoms with van der Waals surface area (Å²) >= 11 is 0. The highest BCUT2D eigenvalue weighted by Crippen LogP contribution is 2.39. The number of hydrogen-bond acceptors (Lipinski definition) is 3. The van der Waals surface area contributed by atoms with E-state index in [0.29, 0.717) is 19.6 Å². The maximum Gasteiger partial charge on any atom is 0.232 e. The summed E-state index contributed by atoms with van der Waals surface area (Å²) in [5.41, 5.74) is 7.45. The first-order valence-corrected chi connectivity index (χ1v) is 9.42. The summed E-state index contributed by atoms with van der Waals surface area (Å²) in [4.78, 5) is 27.6. The Kier molecular flexibility index (Phi) is 5.42. The largest absolute Gasteiger partial charge is 0.355 e. The normalized spacial score (nSPS) is 26.0. The number of hydrogen-bond donors (Lipinski definition) is 2. The molecule has 5 nitrogen and oxygen atoms in total. The topological polar surface area (TPSA) is 75.4 Å². The molecule has 5 heteroatoms. The van der Waals surface area contributed by atoms with Crippen LogP contribution in [0.15, 0.2) is 24.3 Å². The first kappa shape index (κ1) is 17.9. The van der Waals surface area contributed by atoms with E-state index in [4.69, 9.17) is 5.73 Å². The fourth-order valence-corrected chi connectivity index (χ4v) is 4.33. The molecule has 0 radical (unpaired) electrons. The molecule has 0 spiro atoms. The SMILES string of the molecule is CC1(C(=O)N2CCCC(C(=O)NCCN)C2)CCCc2ccccc21. The lowest BCUT2D eigenvalue weighted by atomic mass is 9.70. The molecule has 1 aliphatic carbocycles. The van der Waals surface area contributed by atoms with Gasteiger partial charge in [-0.15, -0.1) is 0 Å². The molecular formula is C20H29N3O2. The van der Waals surface area contributed by atoms with E-state index in [9.17, 15) is 9.59 Å². The van der Waals surface area contributed by atoms with Crippen LogP contribution < -0.4 is 11.1 Å². The molecule has 1 fully saturated rings. The van der Waals surface area contributed by atoms with E-state index in [1.807, 2.05) is 17.0 Å². The lowest BCUT2D eigenvalue weighted by Gasteiger charge is -2.41. The molecule has 1 saturated heterocycles. The molecule has 1 aromatic carbocycles. The predicted molar refractivity (Wildman–Crippen MR) is 98.1 cm³/mol. The number of fused-ring (bicyclic) bond motifs is 1. The van der Waals surface area contributed by atoms with Crippen LogP contribution in [0.1, 0.15) is 43.7 Å². The fraction of sp³-hybridized carbons (Fsp3) is 0.600. The van der Waals surface area contributed by atoms with Crippen molar-refractivity contribution in [3.8, 4) is 0 Å². The van der Waals surface area contributed by atoms with Crippen molar-refractivity contribution in [3.05, 3.63) is 35.4 Å². The minimum Gasteiger partial charge on any atom is -0.355 e. The van der Waals surface area contributed by atoms with Crippen molar-refractivity contribution in [2.75, 3.05) is 26.2 Å². The van der Waals surface area contributed by atoms with Crippen LogP contribution in [-0.2, 0) is 21.4 Å². The number of amides is 2. The molecule has 2 amide bonds. The van der Waals surface area contributed by atoms with E-state index in [1.54, 1.807) is 0 Å². The molecule has 1 aliphatic heterocycles. The Morgan fingerprint density at radius 3 is 2.92 bits per heavy atom. The molecule has 1 aromatic rings. The first-order valence-electron chi connectivity index (χ1n) is 9.42. The van der Waals surface area contributed by atoms with Gasteiger partial charge in [-0.05, 0) is 50.2 Å². The molecule has 2 aliphatic rings. The van der Waals surface area contributed by atoms with E-state index in [-0.39, 0.29) is 17.7 Å². The molecule has 3 rings (SSSR count). The summed E-state index contributed by atoms with van der Waals surface area (Å²) in [6.45, 7) is 4.28. The molecule has 25 heavy (non-hydrogen) atoms. The summed E-state index contributed by atoms with van der Waals surface area (Å²) < 4.78 is 0. The number of nitrogens with one attached hydrogen (secondary N) is 1. The summed E-state index contributed by atoms with van der Waals surface area (Å²) in [5, 5.41) is 2.86. The standard InChI is InChI=1S/C20H29N3O2/c1-20(10-4-7-15-6-2-3-9-17(15)20)19(25)23-13-5-8-16(14-23)18(24)22-12-11-21/h2-3,6,9,16H,4-5,7-8,10-14,21H2,1H3,(H,22,24). The lowest BCUT2D eigenvalue weighted by Crippen LogP contribution is -2.52. The van der Waals surface area contributed by atoms with Gasteiger partial charge in [0.2, 0.25) is 11.8 Å². The second kappa shape index (κ2) is 7.56. The van der Waals surface area contributed by atoms with Crippen LogP contribution >= 0.6 is 0 Å². The van der Waals surface area contributed by atoms with Gasteiger partial charge in [0, 0.05) is 26.2 Å². The number of carbonyl (C=O) groups is 2. The van der Waals surface area contributed by atoms with Gasteiger partial charge in [0.1, 0.15) is 0 Å². The molecule has 136 valence electrons. The second-order valence-electron chi connectivity index (χ2n) is 7.51. The van der Waals surface area contributed by atoms with Crippen LogP contribution in [0, 0.1) is 5.92 Å². The number of rotatable bonds is 4. The third-order valence-electron chi connectivity index (χ3n) is 5.73. The Morgan fingerprint density at radius 2 is 2.12 bits per heavy atom. The summed E-state index contributed by atoms with van der Waals surface area (Å²) in [6.07, 6.45) is 4.68. The maximum absolute atomic E-state index is 13.4. The van der Waals surface area contributed by atoms with Gasteiger partial charge in [0.15, 0.2) is 0 Å². The Bertz CT molecular complexity index is 646. The van der Waals surface area contributed by atoms with Crippen molar-refractivity contribution in [2.24, 2.45) is 11.7 Å². The van der Waals surface area contributed by atoms with Crippen molar-refractivity contribution >= 4 is 11.8 Å². The van der Waals surface area contributed by atoms with Crippen LogP contribution in [-0.4, -0.2) is 42.9 Å². The zero-order chi connectivity index (χ0) is 17.9. The third-order valence-corrected chi connectivity index (χ3v) is 5.73. The van der Waals surface area contributed by atoms with Gasteiger partial charge >= 0.3 is 0 Å². The van der Waals surface area contributed by atoms with Gasteiger partial charge in [-0.3, -0.25) is 9.59 Å². The second-order valence-corrected chi connectivity index (χ2v) is 7.51. The molecule has 0 aromatic heterocycles. The lowest BCUT2D eigenvalue weighted by molar-refractivity contribution is -0.141. The van der Waals surface area contributed by atoms with Gasteiger partial charge < -0.3 is 16.0 Å². The summed E-state index contributed by atoms with van der Waals surface area (Å²) in [5.74, 6) is 0.0832. The monoisotopic (exact) mass is 343 g/mol. The van der Waals surface area contributed by atoms with E-state index in [1.165, 1.54) is 11.1 Å². The van der Waals surface area contributed by atoms with E-state index in [0.717, 1.165) is 38.6 Å². The van der Waals surface area contributed by atoms with E-state index >= 15 is 0 Å². The smallest absolute Gasteiger partial charge is 0.232 e. The average Bonchev–Trinajstić information content (AvgIpc) is 2.66. The Balaban J connectivity index is 1.75. The number of nitrogens with zero attached hydrogens (tertiary/aromatic N) is 1. The summed E-state index contributed by atoms with van der Waals surface area (Å²) in [7, 11) is 0. The van der Waals surface area contributed by atoms with E-state index < -0.39 is 5.41 Å². The quantitative estimate of drug-likeness (QED) is 0.872. The molecule has 2 atom stereocenters. The van der Waals surface area contributed by atoms with E-state index in [2.05, 4.69) is 24.4 Å². The van der Waals surface area contributed by atoms with Gasteiger partial charge in [-0.25, -0.2) is 0 Å². The highest BCUT2D eigenvalue weighted by atomic mass is 16.2.